The molecule has 0 bridgehead atoms. The van der Waals surface area contributed by atoms with Crippen molar-refractivity contribution in [2.45, 2.75) is 6.92 Å². The Morgan fingerprint density at radius 3 is 2.53 bits per heavy atom. The zero-order valence-electron chi connectivity index (χ0n) is 8.58. The van der Waals surface area contributed by atoms with Crippen molar-refractivity contribution in [1.82, 2.24) is 0 Å². The third-order valence-corrected chi connectivity index (χ3v) is 2.02. The Morgan fingerprint density at radius 1 is 1.40 bits per heavy atom. The minimum Gasteiger partial charge on any atom is -0.501 e. The molecule has 0 saturated heterocycles. The van der Waals surface area contributed by atoms with Crippen LogP contribution in [0.2, 0.25) is 5.02 Å². The summed E-state index contributed by atoms with van der Waals surface area (Å²) in [5.41, 5.74) is 0.699. The lowest BCUT2D eigenvalue weighted by Gasteiger charge is -2.03. The summed E-state index contributed by atoms with van der Waals surface area (Å²) in [5, 5.41) is 3.32. The number of benzene rings is 1. The van der Waals surface area contributed by atoms with Crippen LogP contribution < -0.4 is 5.32 Å². The van der Waals surface area contributed by atoms with Gasteiger partial charge in [0.25, 0.3) is 5.91 Å². The van der Waals surface area contributed by atoms with E-state index in [2.05, 4.69) is 5.32 Å². The second kappa shape index (κ2) is 5.41. The number of methoxy groups -OCH3 is 1. The molecule has 0 spiro atoms. The third kappa shape index (κ3) is 4.04. The quantitative estimate of drug-likeness (QED) is 0.635. The van der Waals surface area contributed by atoms with Crippen molar-refractivity contribution < 1.29 is 9.53 Å². The highest BCUT2D eigenvalue weighted by atomic mass is 35.5. The van der Waals surface area contributed by atoms with Crippen molar-refractivity contribution in [2.24, 2.45) is 0 Å². The van der Waals surface area contributed by atoms with Crippen LogP contribution in [0.15, 0.2) is 36.1 Å². The van der Waals surface area contributed by atoms with Gasteiger partial charge in [0.1, 0.15) is 0 Å². The maximum atomic E-state index is 11.4. The van der Waals surface area contributed by atoms with E-state index in [4.69, 9.17) is 16.3 Å². The fraction of sp³-hybridized carbons (Fsp3) is 0.182. The fourth-order valence-corrected chi connectivity index (χ4v) is 1.08. The zero-order valence-corrected chi connectivity index (χ0v) is 9.34. The Hall–Kier alpha value is -1.48. The van der Waals surface area contributed by atoms with Crippen LogP contribution in [-0.4, -0.2) is 13.0 Å². The highest BCUT2D eigenvalue weighted by Crippen LogP contribution is 2.13. The maximum absolute atomic E-state index is 11.4. The Morgan fingerprint density at radius 2 is 2.00 bits per heavy atom. The Bertz CT molecular complexity index is 371. The minimum atomic E-state index is -0.225. The number of ether oxygens (including phenoxy) is 1. The molecule has 0 saturated carbocycles. The number of amides is 1. The Balaban J connectivity index is 2.63. The number of nitrogens with one attached hydrogen (secondary N) is 1. The van der Waals surface area contributed by atoms with Crippen LogP contribution in [0.3, 0.4) is 0 Å². The summed E-state index contributed by atoms with van der Waals surface area (Å²) in [4.78, 5) is 11.4. The molecular weight excluding hydrogens is 214 g/mol. The highest BCUT2D eigenvalue weighted by molar-refractivity contribution is 6.30. The van der Waals surface area contributed by atoms with Crippen LogP contribution in [0, 0.1) is 0 Å². The topological polar surface area (TPSA) is 38.3 Å². The number of rotatable bonds is 3. The van der Waals surface area contributed by atoms with Gasteiger partial charge in [-0.2, -0.15) is 0 Å². The van der Waals surface area contributed by atoms with Crippen LogP contribution in [0.5, 0.6) is 0 Å². The van der Waals surface area contributed by atoms with Gasteiger partial charge in [0, 0.05) is 16.8 Å². The molecule has 4 heteroatoms. The van der Waals surface area contributed by atoms with Crippen LogP contribution in [0.1, 0.15) is 6.92 Å². The predicted molar refractivity (Wildman–Crippen MR) is 60.8 cm³/mol. The molecule has 1 aromatic carbocycles. The van der Waals surface area contributed by atoms with Crippen molar-refractivity contribution in [3.05, 3.63) is 41.1 Å². The summed E-state index contributed by atoms with van der Waals surface area (Å²) in [7, 11) is 1.52. The number of hydrogen-bond donors (Lipinski definition) is 1. The SMILES string of the molecule is CO/C(C)=C\C(=O)Nc1ccc(Cl)cc1. The monoisotopic (exact) mass is 225 g/mol. The molecule has 1 N–H and O–H groups in total. The molecule has 0 heterocycles. The first kappa shape index (κ1) is 11.6. The first-order chi connectivity index (χ1) is 7.11. The molecule has 0 unspecified atom stereocenters. The van der Waals surface area contributed by atoms with E-state index in [9.17, 15) is 4.79 Å². The second-order valence-electron chi connectivity index (χ2n) is 2.96. The van der Waals surface area contributed by atoms with Crippen molar-refractivity contribution in [3.63, 3.8) is 0 Å². The van der Waals surface area contributed by atoms with Gasteiger partial charge in [0.05, 0.1) is 12.9 Å². The Labute approximate surface area is 93.7 Å². The van der Waals surface area contributed by atoms with Crippen molar-refractivity contribution in [2.75, 3.05) is 12.4 Å². The van der Waals surface area contributed by atoms with Gasteiger partial charge in [-0.05, 0) is 31.2 Å². The smallest absolute Gasteiger partial charge is 0.251 e. The van der Waals surface area contributed by atoms with Crippen molar-refractivity contribution in [3.8, 4) is 0 Å². The number of anilines is 1. The van der Waals surface area contributed by atoms with E-state index in [-0.39, 0.29) is 5.91 Å². The van der Waals surface area contributed by atoms with Crippen molar-refractivity contribution >= 4 is 23.2 Å². The molecule has 0 aromatic heterocycles. The largest absolute Gasteiger partial charge is 0.501 e. The van der Waals surface area contributed by atoms with Crippen LogP contribution in [0.4, 0.5) is 5.69 Å². The van der Waals surface area contributed by atoms with Gasteiger partial charge in [-0.3, -0.25) is 4.79 Å². The normalized spacial score (nSPS) is 11.0. The molecule has 1 amide bonds. The lowest BCUT2D eigenvalue weighted by Crippen LogP contribution is -2.08. The van der Waals surface area contributed by atoms with E-state index in [0.717, 1.165) is 0 Å². The number of carbonyl (C=O) groups is 1. The summed E-state index contributed by atoms with van der Waals surface area (Å²) in [5.74, 6) is 0.332. The van der Waals surface area contributed by atoms with Crippen LogP contribution in [0.25, 0.3) is 0 Å². The molecule has 3 nitrogen and oxygen atoms in total. The average molecular weight is 226 g/mol. The number of allylic oxidation sites excluding steroid dienone is 1. The standard InChI is InChI=1S/C11H12ClNO2/c1-8(15-2)7-11(14)13-10-5-3-9(12)4-6-10/h3-7H,1-2H3,(H,13,14)/b8-7-. The Kier molecular flexibility index (Phi) is 4.18. The van der Waals surface area contributed by atoms with Gasteiger partial charge in [-0.25, -0.2) is 0 Å². The molecule has 1 rings (SSSR count). The number of halogens is 1. The summed E-state index contributed by atoms with van der Waals surface area (Å²) in [6.45, 7) is 1.71. The maximum Gasteiger partial charge on any atom is 0.251 e. The van der Waals surface area contributed by atoms with Gasteiger partial charge in [0.2, 0.25) is 0 Å². The molecule has 1 aromatic rings. The number of carbonyl (C=O) groups excluding carboxylic acids is 1. The van der Waals surface area contributed by atoms with E-state index < -0.39 is 0 Å². The molecule has 0 aliphatic heterocycles. The van der Waals surface area contributed by atoms with Gasteiger partial charge in [0.15, 0.2) is 0 Å². The highest BCUT2D eigenvalue weighted by Gasteiger charge is 1.99. The molecule has 0 aliphatic carbocycles. The molecule has 0 aliphatic rings. The molecule has 15 heavy (non-hydrogen) atoms. The minimum absolute atomic E-state index is 0.225. The molecule has 0 radical (unpaired) electrons. The van der Waals surface area contributed by atoms with Crippen molar-refractivity contribution in [1.29, 1.82) is 0 Å². The van der Waals surface area contributed by atoms with Gasteiger partial charge in [-0.1, -0.05) is 11.6 Å². The predicted octanol–water partition coefficient (Wildman–Crippen LogP) is 2.83. The van der Waals surface area contributed by atoms with Gasteiger partial charge in [-0.15, -0.1) is 0 Å². The van der Waals surface area contributed by atoms with E-state index in [1.165, 1.54) is 13.2 Å². The number of hydrogen-bond acceptors (Lipinski definition) is 2. The first-order valence-corrected chi connectivity index (χ1v) is 4.78. The van der Waals surface area contributed by atoms with E-state index >= 15 is 0 Å². The lowest BCUT2D eigenvalue weighted by molar-refractivity contribution is -0.112. The third-order valence-electron chi connectivity index (χ3n) is 1.77. The van der Waals surface area contributed by atoms with E-state index in [0.29, 0.717) is 16.5 Å². The second-order valence-corrected chi connectivity index (χ2v) is 3.39. The van der Waals surface area contributed by atoms with E-state index in [1.54, 1.807) is 31.2 Å². The molecule has 80 valence electrons. The van der Waals surface area contributed by atoms with E-state index in [1.807, 2.05) is 0 Å². The lowest BCUT2D eigenvalue weighted by atomic mass is 10.3. The fourth-order valence-electron chi connectivity index (χ4n) is 0.955. The molecular formula is C11H12ClNO2. The van der Waals surface area contributed by atoms with Gasteiger partial charge >= 0.3 is 0 Å². The molecule has 0 fully saturated rings. The van der Waals surface area contributed by atoms with Crippen LogP contribution in [-0.2, 0) is 9.53 Å². The zero-order chi connectivity index (χ0) is 11.3. The summed E-state index contributed by atoms with van der Waals surface area (Å²) < 4.78 is 4.86. The summed E-state index contributed by atoms with van der Waals surface area (Å²) in [6.07, 6.45) is 1.38. The summed E-state index contributed by atoms with van der Waals surface area (Å²) in [6, 6.07) is 6.89. The van der Waals surface area contributed by atoms with Crippen LogP contribution >= 0.6 is 11.6 Å². The first-order valence-electron chi connectivity index (χ1n) is 4.40. The summed E-state index contributed by atoms with van der Waals surface area (Å²) >= 11 is 5.71. The molecule has 0 atom stereocenters. The van der Waals surface area contributed by atoms with Gasteiger partial charge < -0.3 is 10.1 Å². The average Bonchev–Trinajstić information content (AvgIpc) is 2.21.